The lowest BCUT2D eigenvalue weighted by Gasteiger charge is -2.37. The minimum atomic E-state index is 0.235. The predicted octanol–water partition coefficient (Wildman–Crippen LogP) is 2.11. The highest BCUT2D eigenvalue weighted by atomic mass is 15.2. The number of nitrogens with two attached hydrogens (primary N) is 1. The summed E-state index contributed by atoms with van der Waals surface area (Å²) in [5.41, 5.74) is 8.52. The summed E-state index contributed by atoms with van der Waals surface area (Å²) in [5, 5.41) is 0. The highest BCUT2D eigenvalue weighted by molar-refractivity contribution is 5.48. The molecule has 2 unspecified atom stereocenters. The number of anilines is 1. The van der Waals surface area contributed by atoms with Gasteiger partial charge in [0.2, 0.25) is 0 Å². The molecule has 0 radical (unpaired) electrons. The molecule has 2 rings (SSSR count). The van der Waals surface area contributed by atoms with Crippen molar-refractivity contribution >= 4 is 5.69 Å². The zero-order chi connectivity index (χ0) is 13.8. The van der Waals surface area contributed by atoms with Crippen LogP contribution in [0.3, 0.4) is 0 Å². The largest absolute Gasteiger partial charge is 0.370 e. The van der Waals surface area contributed by atoms with Crippen LogP contribution >= 0.6 is 0 Å². The second-order valence-corrected chi connectivity index (χ2v) is 6.05. The summed E-state index contributed by atoms with van der Waals surface area (Å²) in [7, 11) is 4.36. The standard InChI is InChI=1S/C16H27N3/c1-13(17)11-14-6-8-15(9-7-14)19-10-4-5-16(12-19)18(2)3/h6-9,13,16H,4-5,10-12,17H2,1-3H3. The van der Waals surface area contributed by atoms with Crippen LogP contribution in [0.2, 0.25) is 0 Å². The molecule has 2 N–H and O–H groups in total. The molecular formula is C16H27N3. The van der Waals surface area contributed by atoms with E-state index in [4.69, 9.17) is 5.73 Å². The molecule has 0 amide bonds. The molecule has 19 heavy (non-hydrogen) atoms. The lowest BCUT2D eigenvalue weighted by atomic mass is 10.0. The Morgan fingerprint density at radius 2 is 2.00 bits per heavy atom. The Balaban J connectivity index is 2.01. The predicted molar refractivity (Wildman–Crippen MR) is 82.7 cm³/mol. The van der Waals surface area contributed by atoms with Crippen LogP contribution in [0.25, 0.3) is 0 Å². The number of likely N-dealkylation sites (N-methyl/N-ethyl adjacent to an activating group) is 1. The molecule has 106 valence electrons. The van der Waals surface area contributed by atoms with Gasteiger partial charge >= 0.3 is 0 Å². The van der Waals surface area contributed by atoms with Crippen molar-refractivity contribution in [3.05, 3.63) is 29.8 Å². The lowest BCUT2D eigenvalue weighted by Crippen LogP contribution is -2.45. The first-order chi connectivity index (χ1) is 9.06. The average Bonchev–Trinajstić information content (AvgIpc) is 2.39. The van der Waals surface area contributed by atoms with Crippen molar-refractivity contribution in [3.8, 4) is 0 Å². The SMILES string of the molecule is CC(N)Cc1ccc(N2CCCC(N(C)C)C2)cc1. The van der Waals surface area contributed by atoms with Gasteiger partial charge in [0.25, 0.3) is 0 Å². The zero-order valence-electron chi connectivity index (χ0n) is 12.5. The molecule has 0 bridgehead atoms. The second-order valence-electron chi connectivity index (χ2n) is 6.05. The van der Waals surface area contributed by atoms with Crippen LogP contribution in [-0.4, -0.2) is 44.2 Å². The molecular weight excluding hydrogens is 234 g/mol. The highest BCUT2D eigenvalue weighted by Crippen LogP contribution is 2.22. The van der Waals surface area contributed by atoms with Crippen LogP contribution in [0, 0.1) is 0 Å². The summed E-state index contributed by atoms with van der Waals surface area (Å²) >= 11 is 0. The topological polar surface area (TPSA) is 32.5 Å². The van der Waals surface area contributed by atoms with Crippen LogP contribution in [0.15, 0.2) is 24.3 Å². The van der Waals surface area contributed by atoms with Crippen LogP contribution in [-0.2, 0) is 6.42 Å². The monoisotopic (exact) mass is 261 g/mol. The smallest absolute Gasteiger partial charge is 0.0366 e. The fourth-order valence-electron chi connectivity index (χ4n) is 2.83. The molecule has 2 atom stereocenters. The number of piperidine rings is 1. The summed E-state index contributed by atoms with van der Waals surface area (Å²) in [6.07, 6.45) is 3.55. The Bertz CT molecular complexity index is 383. The third-order valence-corrected chi connectivity index (χ3v) is 3.99. The molecule has 1 aromatic carbocycles. The maximum absolute atomic E-state index is 5.84. The maximum atomic E-state index is 5.84. The summed E-state index contributed by atoms with van der Waals surface area (Å²) < 4.78 is 0. The Kier molecular flexibility index (Phi) is 4.83. The molecule has 0 spiro atoms. The molecule has 0 aliphatic carbocycles. The van der Waals surface area contributed by atoms with E-state index in [1.165, 1.54) is 30.6 Å². The van der Waals surface area contributed by atoms with E-state index in [0.717, 1.165) is 13.0 Å². The first-order valence-electron chi connectivity index (χ1n) is 7.32. The van der Waals surface area contributed by atoms with Gasteiger partial charge in [-0.1, -0.05) is 12.1 Å². The first kappa shape index (κ1) is 14.4. The van der Waals surface area contributed by atoms with Crippen molar-refractivity contribution in [3.63, 3.8) is 0 Å². The Morgan fingerprint density at radius 3 is 2.58 bits per heavy atom. The van der Waals surface area contributed by atoms with E-state index in [9.17, 15) is 0 Å². The second kappa shape index (κ2) is 6.40. The molecule has 1 heterocycles. The van der Waals surface area contributed by atoms with Crippen molar-refractivity contribution in [2.75, 3.05) is 32.1 Å². The van der Waals surface area contributed by atoms with Gasteiger partial charge in [-0.15, -0.1) is 0 Å². The van der Waals surface area contributed by atoms with E-state index in [-0.39, 0.29) is 6.04 Å². The Labute approximate surface area is 117 Å². The van der Waals surface area contributed by atoms with E-state index in [1.54, 1.807) is 0 Å². The first-order valence-corrected chi connectivity index (χ1v) is 7.32. The molecule has 1 aromatic rings. The summed E-state index contributed by atoms with van der Waals surface area (Å²) in [6, 6.07) is 9.85. The fourth-order valence-corrected chi connectivity index (χ4v) is 2.83. The zero-order valence-corrected chi connectivity index (χ0v) is 12.5. The molecule has 3 heteroatoms. The molecule has 0 saturated carbocycles. The van der Waals surface area contributed by atoms with Crippen LogP contribution in [0.5, 0.6) is 0 Å². The number of hydrogen-bond acceptors (Lipinski definition) is 3. The van der Waals surface area contributed by atoms with Crippen molar-refractivity contribution in [2.24, 2.45) is 5.73 Å². The van der Waals surface area contributed by atoms with Gasteiger partial charge in [0.05, 0.1) is 0 Å². The Hall–Kier alpha value is -1.06. The van der Waals surface area contributed by atoms with E-state index in [0.29, 0.717) is 6.04 Å². The van der Waals surface area contributed by atoms with Crippen LogP contribution in [0.4, 0.5) is 5.69 Å². The minimum Gasteiger partial charge on any atom is -0.370 e. The summed E-state index contributed by atoms with van der Waals surface area (Å²) in [4.78, 5) is 4.85. The summed E-state index contributed by atoms with van der Waals surface area (Å²) in [6.45, 7) is 4.37. The fraction of sp³-hybridized carbons (Fsp3) is 0.625. The van der Waals surface area contributed by atoms with Gasteiger partial charge in [0.15, 0.2) is 0 Å². The lowest BCUT2D eigenvalue weighted by molar-refractivity contribution is 0.258. The van der Waals surface area contributed by atoms with E-state index < -0.39 is 0 Å². The number of hydrogen-bond donors (Lipinski definition) is 1. The van der Waals surface area contributed by atoms with E-state index in [2.05, 4.69) is 55.1 Å². The average molecular weight is 261 g/mol. The van der Waals surface area contributed by atoms with E-state index >= 15 is 0 Å². The maximum Gasteiger partial charge on any atom is 0.0366 e. The number of nitrogens with zero attached hydrogens (tertiary/aromatic N) is 2. The molecule has 1 saturated heterocycles. The number of benzene rings is 1. The normalized spacial score (nSPS) is 21.7. The Morgan fingerprint density at radius 1 is 1.32 bits per heavy atom. The van der Waals surface area contributed by atoms with Gasteiger partial charge in [-0.05, 0) is 58.0 Å². The van der Waals surface area contributed by atoms with Gasteiger partial charge in [-0.25, -0.2) is 0 Å². The molecule has 1 aliphatic heterocycles. The highest BCUT2D eigenvalue weighted by Gasteiger charge is 2.21. The van der Waals surface area contributed by atoms with Crippen molar-refractivity contribution in [1.82, 2.24) is 4.90 Å². The van der Waals surface area contributed by atoms with Gasteiger partial charge in [-0.2, -0.15) is 0 Å². The van der Waals surface area contributed by atoms with E-state index in [1.807, 2.05) is 0 Å². The molecule has 1 fully saturated rings. The summed E-state index contributed by atoms with van der Waals surface area (Å²) in [5.74, 6) is 0. The quantitative estimate of drug-likeness (QED) is 0.901. The van der Waals surface area contributed by atoms with Gasteiger partial charge in [-0.3, -0.25) is 0 Å². The van der Waals surface area contributed by atoms with Gasteiger partial charge in [0.1, 0.15) is 0 Å². The third-order valence-electron chi connectivity index (χ3n) is 3.99. The van der Waals surface area contributed by atoms with Gasteiger partial charge in [0, 0.05) is 30.9 Å². The van der Waals surface area contributed by atoms with Crippen molar-refractivity contribution < 1.29 is 0 Å². The van der Waals surface area contributed by atoms with Crippen molar-refractivity contribution in [1.29, 1.82) is 0 Å². The minimum absolute atomic E-state index is 0.235. The number of rotatable bonds is 4. The van der Waals surface area contributed by atoms with Crippen LogP contribution < -0.4 is 10.6 Å². The van der Waals surface area contributed by atoms with Crippen molar-refractivity contribution in [2.45, 2.75) is 38.3 Å². The molecule has 3 nitrogen and oxygen atoms in total. The molecule has 1 aliphatic rings. The third kappa shape index (κ3) is 3.95. The molecule has 0 aromatic heterocycles. The van der Waals surface area contributed by atoms with Gasteiger partial charge < -0.3 is 15.5 Å². The van der Waals surface area contributed by atoms with Crippen LogP contribution in [0.1, 0.15) is 25.3 Å².